The molecule has 0 aliphatic carbocycles. The van der Waals surface area contributed by atoms with Crippen LogP contribution in [0.3, 0.4) is 0 Å². The van der Waals surface area contributed by atoms with Gasteiger partial charge in [0.1, 0.15) is 17.3 Å². The van der Waals surface area contributed by atoms with Crippen LogP contribution in [0, 0.1) is 13.8 Å². The average molecular weight is 559 g/mol. The van der Waals surface area contributed by atoms with Gasteiger partial charge in [-0.25, -0.2) is 0 Å². The summed E-state index contributed by atoms with van der Waals surface area (Å²) in [7, 11) is -1.39. The molecular formula is C29H30N6O4S. The molecule has 40 heavy (non-hydrogen) atoms. The lowest BCUT2D eigenvalue weighted by Crippen LogP contribution is -2.22. The topological polar surface area (TPSA) is 125 Å². The zero-order chi connectivity index (χ0) is 28.4. The van der Waals surface area contributed by atoms with Crippen molar-refractivity contribution in [1.29, 1.82) is 0 Å². The van der Waals surface area contributed by atoms with Gasteiger partial charge in [-0.1, -0.05) is 12.1 Å². The molecule has 1 unspecified atom stereocenters. The van der Waals surface area contributed by atoms with Gasteiger partial charge in [-0.2, -0.15) is 5.10 Å². The van der Waals surface area contributed by atoms with E-state index < -0.39 is 10.8 Å². The van der Waals surface area contributed by atoms with Crippen LogP contribution in [0.15, 0.2) is 70.4 Å². The van der Waals surface area contributed by atoms with Gasteiger partial charge in [-0.05, 0) is 69.2 Å². The van der Waals surface area contributed by atoms with Crippen LogP contribution in [0.25, 0.3) is 10.9 Å². The number of amides is 1. The summed E-state index contributed by atoms with van der Waals surface area (Å²) in [6.07, 6.45) is 5.36. The molecule has 0 saturated heterocycles. The standard InChI is InChI=1S/C29H30N6O4S/c1-18-12-20(13-27(36)32-21-15-31-35(16-21)29(3,4)5)6-9-25(18)39-26-10-11-30-24-8-7-22(14-23(24)26)40(37)17-28-34-33-19(2)38-28/h6-12,14-16H,13,17H2,1-5H3,(H,32,36). The number of fused-ring (bicyclic) bond motifs is 1. The van der Waals surface area contributed by atoms with E-state index in [1.54, 1.807) is 31.5 Å². The number of rotatable bonds is 8. The van der Waals surface area contributed by atoms with Crippen LogP contribution in [-0.2, 0) is 33.3 Å². The Morgan fingerprint density at radius 3 is 2.60 bits per heavy atom. The van der Waals surface area contributed by atoms with Crippen molar-refractivity contribution in [3.63, 3.8) is 0 Å². The van der Waals surface area contributed by atoms with Gasteiger partial charge in [0, 0.05) is 29.6 Å². The van der Waals surface area contributed by atoms with E-state index in [9.17, 15) is 9.00 Å². The third-order valence-corrected chi connectivity index (χ3v) is 7.42. The summed E-state index contributed by atoms with van der Waals surface area (Å²) in [5.74, 6) is 1.98. The van der Waals surface area contributed by atoms with Crippen molar-refractivity contribution in [1.82, 2.24) is 25.0 Å². The highest BCUT2D eigenvalue weighted by atomic mass is 32.2. The number of hydrogen-bond donors (Lipinski definition) is 1. The Hall–Kier alpha value is -4.38. The number of carbonyl (C=O) groups is 1. The molecule has 0 radical (unpaired) electrons. The van der Waals surface area contributed by atoms with Gasteiger partial charge in [-0.3, -0.25) is 18.7 Å². The summed E-state index contributed by atoms with van der Waals surface area (Å²) in [5, 5.41) is 15.7. The minimum absolute atomic E-state index is 0.121. The molecule has 1 atom stereocenters. The molecule has 1 amide bonds. The molecule has 3 aromatic heterocycles. The van der Waals surface area contributed by atoms with Crippen LogP contribution >= 0.6 is 0 Å². The maximum absolute atomic E-state index is 13.0. The Bertz CT molecular complexity index is 1720. The van der Waals surface area contributed by atoms with Gasteiger partial charge in [0.25, 0.3) is 0 Å². The smallest absolute Gasteiger partial charge is 0.229 e. The van der Waals surface area contributed by atoms with Crippen molar-refractivity contribution in [3.8, 4) is 11.5 Å². The Balaban J connectivity index is 1.29. The number of hydrogen-bond acceptors (Lipinski definition) is 8. The largest absolute Gasteiger partial charge is 0.456 e. The maximum atomic E-state index is 13.0. The van der Waals surface area contributed by atoms with Gasteiger partial charge in [0.15, 0.2) is 0 Å². The van der Waals surface area contributed by atoms with E-state index in [2.05, 4.69) is 25.6 Å². The number of ether oxygens (including phenoxy) is 1. The first-order valence-electron chi connectivity index (χ1n) is 12.7. The monoisotopic (exact) mass is 558 g/mol. The van der Waals surface area contributed by atoms with Crippen molar-refractivity contribution in [2.45, 2.75) is 57.2 Å². The van der Waals surface area contributed by atoms with E-state index in [-0.39, 0.29) is 23.6 Å². The molecule has 1 N–H and O–H groups in total. The Morgan fingerprint density at radius 2 is 1.90 bits per heavy atom. The van der Waals surface area contributed by atoms with Crippen molar-refractivity contribution >= 4 is 33.3 Å². The lowest BCUT2D eigenvalue weighted by Gasteiger charge is -2.18. The molecule has 0 spiro atoms. The van der Waals surface area contributed by atoms with Gasteiger partial charge in [0.2, 0.25) is 17.7 Å². The minimum atomic E-state index is -1.39. The average Bonchev–Trinajstić information content (AvgIpc) is 3.54. The quantitative estimate of drug-likeness (QED) is 0.266. The molecule has 3 heterocycles. The predicted octanol–water partition coefficient (Wildman–Crippen LogP) is 5.47. The van der Waals surface area contributed by atoms with Gasteiger partial charge in [0.05, 0.1) is 40.2 Å². The number of nitrogens with zero attached hydrogens (tertiary/aromatic N) is 5. The molecule has 2 aromatic carbocycles. The van der Waals surface area contributed by atoms with Crippen molar-refractivity contribution in [2.24, 2.45) is 0 Å². The summed E-state index contributed by atoms with van der Waals surface area (Å²) >= 11 is 0. The van der Waals surface area contributed by atoms with Crippen LogP contribution in [0.4, 0.5) is 5.69 Å². The molecule has 206 valence electrons. The molecule has 0 bridgehead atoms. The zero-order valence-electron chi connectivity index (χ0n) is 23.0. The first kappa shape index (κ1) is 27.2. The molecule has 0 aliphatic rings. The fraction of sp³-hybridized carbons (Fsp3) is 0.276. The maximum Gasteiger partial charge on any atom is 0.229 e. The molecule has 0 aliphatic heterocycles. The second-order valence-corrected chi connectivity index (χ2v) is 11.9. The zero-order valence-corrected chi connectivity index (χ0v) is 23.8. The molecule has 0 saturated carbocycles. The fourth-order valence-corrected chi connectivity index (χ4v) is 5.10. The highest BCUT2D eigenvalue weighted by molar-refractivity contribution is 7.84. The number of nitrogens with one attached hydrogen (secondary N) is 1. The predicted molar refractivity (Wildman–Crippen MR) is 152 cm³/mol. The van der Waals surface area contributed by atoms with Crippen LogP contribution in [0.2, 0.25) is 0 Å². The number of anilines is 1. The van der Waals surface area contributed by atoms with Crippen LogP contribution < -0.4 is 10.1 Å². The Labute approximate surface area is 234 Å². The van der Waals surface area contributed by atoms with Crippen molar-refractivity contribution in [2.75, 3.05) is 5.32 Å². The highest BCUT2D eigenvalue weighted by Gasteiger charge is 2.16. The van der Waals surface area contributed by atoms with Crippen LogP contribution in [0.5, 0.6) is 11.5 Å². The van der Waals surface area contributed by atoms with E-state index in [0.717, 1.165) is 16.5 Å². The molecule has 5 rings (SSSR count). The Morgan fingerprint density at radius 1 is 1.07 bits per heavy atom. The van der Waals surface area contributed by atoms with E-state index in [0.29, 0.717) is 39.4 Å². The Kier molecular flexibility index (Phi) is 7.49. The van der Waals surface area contributed by atoms with Gasteiger partial charge in [-0.15, -0.1) is 10.2 Å². The van der Waals surface area contributed by atoms with E-state index in [4.69, 9.17) is 9.15 Å². The third-order valence-electron chi connectivity index (χ3n) is 6.14. The molecule has 11 heteroatoms. The summed E-state index contributed by atoms with van der Waals surface area (Å²) < 4.78 is 26.4. The highest BCUT2D eigenvalue weighted by Crippen LogP contribution is 2.32. The summed E-state index contributed by atoms with van der Waals surface area (Å²) in [5.41, 5.74) is 2.95. The van der Waals surface area contributed by atoms with Gasteiger partial charge < -0.3 is 14.5 Å². The first-order valence-corrected chi connectivity index (χ1v) is 14.1. The van der Waals surface area contributed by atoms with E-state index in [1.807, 2.05) is 68.9 Å². The van der Waals surface area contributed by atoms with Gasteiger partial charge >= 0.3 is 0 Å². The number of aromatic nitrogens is 5. The second kappa shape index (κ2) is 11.0. The second-order valence-electron chi connectivity index (χ2n) is 10.5. The number of carbonyl (C=O) groups excluding carboxylic acids is 1. The molecular weight excluding hydrogens is 528 g/mol. The summed E-state index contributed by atoms with van der Waals surface area (Å²) in [4.78, 5) is 17.7. The fourth-order valence-electron chi connectivity index (χ4n) is 4.12. The molecule has 0 fully saturated rings. The normalized spacial score (nSPS) is 12.4. The summed E-state index contributed by atoms with van der Waals surface area (Å²) in [6, 6.07) is 12.8. The first-order chi connectivity index (χ1) is 19.0. The SMILES string of the molecule is Cc1nnc(CS(=O)c2ccc3nccc(Oc4ccc(CC(=O)Nc5cnn(C(C)(C)C)c5)cc4C)c3c2)o1. The van der Waals surface area contributed by atoms with Crippen LogP contribution in [0.1, 0.15) is 43.7 Å². The van der Waals surface area contributed by atoms with Crippen molar-refractivity contribution in [3.05, 3.63) is 84.0 Å². The van der Waals surface area contributed by atoms with E-state index >= 15 is 0 Å². The van der Waals surface area contributed by atoms with E-state index in [1.165, 1.54) is 0 Å². The molecule has 10 nitrogen and oxygen atoms in total. The number of pyridine rings is 1. The third kappa shape index (κ3) is 6.26. The lowest BCUT2D eigenvalue weighted by molar-refractivity contribution is -0.115. The minimum Gasteiger partial charge on any atom is -0.456 e. The molecule has 5 aromatic rings. The number of aryl methyl sites for hydroxylation is 2. The van der Waals surface area contributed by atoms with Crippen LogP contribution in [-0.4, -0.2) is 35.1 Å². The number of benzene rings is 2. The van der Waals surface area contributed by atoms with Crippen molar-refractivity contribution < 1.29 is 18.2 Å². The lowest BCUT2D eigenvalue weighted by atomic mass is 10.1. The summed E-state index contributed by atoms with van der Waals surface area (Å²) in [6.45, 7) is 9.76.